The highest BCUT2D eigenvalue weighted by atomic mass is 16.7. The molecular weight excluding hydrogens is 736 g/mol. The maximum atomic E-state index is 11.4. The second-order valence-electron chi connectivity index (χ2n) is 13.9. The summed E-state index contributed by atoms with van der Waals surface area (Å²) >= 11 is 0. The van der Waals surface area contributed by atoms with Crippen LogP contribution in [-0.2, 0) is 9.47 Å². The molecule has 0 saturated carbocycles. The summed E-state index contributed by atoms with van der Waals surface area (Å²) in [7, 11) is 0. The lowest BCUT2D eigenvalue weighted by Gasteiger charge is -2.39. The molecule has 298 valence electrons. The van der Waals surface area contributed by atoms with Gasteiger partial charge in [0.15, 0.2) is 0 Å². The minimum atomic E-state index is -1.62. The number of ether oxygens (including phenoxy) is 5. The standard InChI is InChI=1S/C40H42O16/c41-16-28-32(46)34(48)36(50)39(55-28)52-24-7-3-18(4-8-24)1-2-19-11-26(45)31-27(12-19)54-38(30(31)21-13-22(43)15-23(44)14-21)20-5-9-25(10-6-20)53-40-37(51)35(49)33(47)29(17-42)56-40/h1-15,28-30,32-51H,16-17H2/b2-1+/t28-,29-,30+,32-,33-,34+,35+,36-,37-,38-,39-,40-/m1/s1. The van der Waals surface area contributed by atoms with Crippen LogP contribution in [0.25, 0.3) is 12.2 Å². The molecule has 0 bridgehead atoms. The van der Waals surface area contributed by atoms with Crippen LogP contribution in [0.15, 0.2) is 78.9 Å². The van der Waals surface area contributed by atoms with E-state index in [4.69, 9.17) is 23.7 Å². The van der Waals surface area contributed by atoms with Gasteiger partial charge in [0.05, 0.1) is 19.1 Å². The smallest absolute Gasteiger partial charge is 0.229 e. The van der Waals surface area contributed by atoms with Crippen LogP contribution in [0.3, 0.4) is 0 Å². The Balaban J connectivity index is 1.10. The Morgan fingerprint density at radius 1 is 0.536 bits per heavy atom. The zero-order valence-corrected chi connectivity index (χ0v) is 29.5. The highest BCUT2D eigenvalue weighted by molar-refractivity contribution is 5.73. The second kappa shape index (κ2) is 16.2. The molecule has 16 heteroatoms. The fourth-order valence-corrected chi connectivity index (χ4v) is 7.08. The van der Waals surface area contributed by atoms with Gasteiger partial charge in [-0.25, -0.2) is 0 Å². The summed E-state index contributed by atoms with van der Waals surface area (Å²) in [6.45, 7) is -1.20. The zero-order valence-electron chi connectivity index (χ0n) is 29.5. The van der Waals surface area contributed by atoms with Gasteiger partial charge in [-0.05, 0) is 70.8 Å². The maximum Gasteiger partial charge on any atom is 0.229 e. The number of hydrogen-bond donors (Lipinski definition) is 11. The molecule has 2 saturated heterocycles. The Labute approximate surface area is 319 Å². The first kappa shape index (κ1) is 39.3. The normalized spacial score (nSPS) is 31.5. The van der Waals surface area contributed by atoms with Crippen LogP contribution in [0, 0.1) is 0 Å². The SMILES string of the molecule is OC[C@H]1O[C@@H](Oc2ccc(/C=C/c3cc(O)c4c(c3)O[C@H](c3ccc(O[C@@H]5O[C@H](CO)[C@@H](O)[C@H](O)[C@H]5O)cc3)[C@H]4c3cc(O)cc(O)c3)cc2)[C@H](O)[C@@H](O)[C@@H]1O. The largest absolute Gasteiger partial charge is 0.508 e. The van der Waals surface area contributed by atoms with Crippen LogP contribution in [0.5, 0.6) is 34.5 Å². The third kappa shape index (κ3) is 7.85. The molecule has 0 aliphatic carbocycles. The Hall–Kier alpha value is -4.98. The number of aromatic hydroxyl groups is 3. The number of aliphatic hydroxyl groups excluding tert-OH is 8. The number of aliphatic hydroxyl groups is 8. The third-order valence-corrected chi connectivity index (χ3v) is 10.1. The van der Waals surface area contributed by atoms with Crippen molar-refractivity contribution in [3.63, 3.8) is 0 Å². The van der Waals surface area contributed by atoms with E-state index in [2.05, 4.69) is 0 Å². The van der Waals surface area contributed by atoms with E-state index in [1.807, 2.05) is 0 Å². The van der Waals surface area contributed by atoms with Crippen LogP contribution in [-0.4, -0.2) is 131 Å². The lowest BCUT2D eigenvalue weighted by Crippen LogP contribution is -2.60. The van der Waals surface area contributed by atoms with Gasteiger partial charge < -0.3 is 79.9 Å². The number of fused-ring (bicyclic) bond motifs is 1. The van der Waals surface area contributed by atoms with Crippen molar-refractivity contribution in [2.75, 3.05) is 13.2 Å². The van der Waals surface area contributed by atoms with Gasteiger partial charge in [-0.15, -0.1) is 0 Å². The zero-order chi connectivity index (χ0) is 39.8. The highest BCUT2D eigenvalue weighted by Crippen LogP contribution is 2.54. The van der Waals surface area contributed by atoms with E-state index in [1.165, 1.54) is 18.2 Å². The monoisotopic (exact) mass is 778 g/mol. The van der Waals surface area contributed by atoms with E-state index in [9.17, 15) is 56.2 Å². The summed E-state index contributed by atoms with van der Waals surface area (Å²) in [5.41, 5.74) is 2.78. The molecule has 4 aromatic rings. The van der Waals surface area contributed by atoms with Crippen LogP contribution < -0.4 is 14.2 Å². The van der Waals surface area contributed by atoms with Crippen molar-refractivity contribution in [3.05, 3.63) is 107 Å². The third-order valence-electron chi connectivity index (χ3n) is 10.1. The summed E-state index contributed by atoms with van der Waals surface area (Å²) in [5, 5.41) is 112. The maximum absolute atomic E-state index is 11.4. The number of phenols is 3. The molecule has 56 heavy (non-hydrogen) atoms. The van der Waals surface area contributed by atoms with E-state index in [0.29, 0.717) is 33.8 Å². The van der Waals surface area contributed by atoms with Crippen molar-refractivity contribution < 1.29 is 79.9 Å². The molecule has 7 rings (SSSR count). The quantitative estimate of drug-likeness (QED) is 0.0985. The molecule has 11 N–H and O–H groups in total. The summed E-state index contributed by atoms with van der Waals surface area (Å²) in [6.07, 6.45) is -11.6. The molecule has 12 atom stereocenters. The fraction of sp³-hybridized carbons (Fsp3) is 0.350. The van der Waals surface area contributed by atoms with Crippen LogP contribution in [0.4, 0.5) is 0 Å². The van der Waals surface area contributed by atoms with Crippen LogP contribution >= 0.6 is 0 Å². The summed E-state index contributed by atoms with van der Waals surface area (Å²) in [6, 6.07) is 20.5. The minimum absolute atomic E-state index is 0.108. The average molecular weight is 779 g/mol. The summed E-state index contributed by atoms with van der Waals surface area (Å²) < 4.78 is 28.7. The molecule has 2 fully saturated rings. The Bertz CT molecular complexity index is 1980. The van der Waals surface area contributed by atoms with E-state index >= 15 is 0 Å². The lowest BCUT2D eigenvalue weighted by atomic mass is 9.84. The van der Waals surface area contributed by atoms with E-state index in [1.54, 1.807) is 72.8 Å². The molecule has 3 aliphatic heterocycles. The Kier molecular flexibility index (Phi) is 11.4. The van der Waals surface area contributed by atoms with E-state index in [0.717, 1.165) is 5.56 Å². The molecule has 4 aromatic carbocycles. The van der Waals surface area contributed by atoms with Gasteiger partial charge in [-0.2, -0.15) is 0 Å². The highest BCUT2D eigenvalue weighted by Gasteiger charge is 2.46. The number of benzene rings is 4. The van der Waals surface area contributed by atoms with Crippen molar-refractivity contribution in [1.82, 2.24) is 0 Å². The number of hydrogen-bond acceptors (Lipinski definition) is 16. The van der Waals surface area contributed by atoms with E-state index in [-0.39, 0.29) is 23.0 Å². The van der Waals surface area contributed by atoms with Crippen molar-refractivity contribution >= 4 is 12.2 Å². The van der Waals surface area contributed by atoms with Crippen molar-refractivity contribution in [2.45, 2.75) is 73.4 Å². The predicted molar refractivity (Wildman–Crippen MR) is 194 cm³/mol. The molecule has 0 unspecified atom stereocenters. The van der Waals surface area contributed by atoms with Gasteiger partial charge in [-0.1, -0.05) is 36.4 Å². The second-order valence-corrected chi connectivity index (χ2v) is 13.9. The average Bonchev–Trinajstić information content (AvgIpc) is 3.58. The Morgan fingerprint density at radius 3 is 1.55 bits per heavy atom. The lowest BCUT2D eigenvalue weighted by molar-refractivity contribution is -0.277. The number of rotatable bonds is 10. The molecule has 3 aliphatic rings. The van der Waals surface area contributed by atoms with Gasteiger partial charge in [0, 0.05) is 11.6 Å². The van der Waals surface area contributed by atoms with Crippen molar-refractivity contribution in [3.8, 4) is 34.5 Å². The van der Waals surface area contributed by atoms with Crippen molar-refractivity contribution in [1.29, 1.82) is 0 Å². The summed E-state index contributed by atoms with van der Waals surface area (Å²) in [4.78, 5) is 0. The Morgan fingerprint density at radius 2 is 1.04 bits per heavy atom. The van der Waals surface area contributed by atoms with Crippen LogP contribution in [0.1, 0.15) is 39.8 Å². The van der Waals surface area contributed by atoms with E-state index < -0.39 is 86.6 Å². The predicted octanol–water partition coefficient (Wildman–Crippen LogP) is 0.597. The molecule has 0 aromatic heterocycles. The molecule has 3 heterocycles. The topological polar surface area (TPSA) is 269 Å². The molecule has 0 amide bonds. The molecular formula is C40H42O16. The number of phenolic OH excluding ortho intramolecular Hbond substituents is 3. The van der Waals surface area contributed by atoms with Gasteiger partial charge in [0.2, 0.25) is 12.6 Å². The molecule has 0 spiro atoms. The first-order valence-corrected chi connectivity index (χ1v) is 17.7. The van der Waals surface area contributed by atoms with Gasteiger partial charge in [-0.3, -0.25) is 0 Å². The molecule has 16 nitrogen and oxygen atoms in total. The molecule has 0 radical (unpaired) electrons. The first-order valence-electron chi connectivity index (χ1n) is 17.7. The minimum Gasteiger partial charge on any atom is -0.508 e. The fourth-order valence-electron chi connectivity index (χ4n) is 7.08. The van der Waals surface area contributed by atoms with Crippen molar-refractivity contribution in [2.24, 2.45) is 0 Å². The van der Waals surface area contributed by atoms with Gasteiger partial charge in [0.25, 0.3) is 0 Å². The summed E-state index contributed by atoms with van der Waals surface area (Å²) in [5.74, 6) is -0.342. The van der Waals surface area contributed by atoms with Gasteiger partial charge >= 0.3 is 0 Å². The van der Waals surface area contributed by atoms with Crippen LogP contribution in [0.2, 0.25) is 0 Å². The first-order chi connectivity index (χ1) is 26.8. The van der Waals surface area contributed by atoms with Gasteiger partial charge in [0.1, 0.15) is 89.4 Å².